The number of carbonyl (C=O) groups is 1. The average molecular weight is 231 g/mol. The molecule has 1 amide bonds. The molecule has 0 aliphatic heterocycles. The predicted molar refractivity (Wildman–Crippen MR) is 64.8 cm³/mol. The highest BCUT2D eigenvalue weighted by molar-refractivity contribution is 6.03. The molecule has 1 aromatic heterocycles. The Morgan fingerprint density at radius 1 is 1.41 bits per heavy atom. The van der Waals surface area contributed by atoms with Gasteiger partial charge in [-0.15, -0.1) is 0 Å². The number of carbonyl (C=O) groups excluding carboxylic acids is 1. The number of hydrogen-bond donors (Lipinski definition) is 2. The molecule has 1 heterocycles. The number of nitrogen functional groups attached to an aromatic ring is 1. The third kappa shape index (κ3) is 2.44. The smallest absolute Gasteiger partial charge is 0.292 e. The Morgan fingerprint density at radius 3 is 2.76 bits per heavy atom. The number of aromatic nitrogens is 1. The lowest BCUT2D eigenvalue weighted by atomic mass is 10.1. The summed E-state index contributed by atoms with van der Waals surface area (Å²) in [7, 11) is 0. The number of aryl methyl sites for hydroxylation is 2. The van der Waals surface area contributed by atoms with Crippen molar-refractivity contribution in [2.45, 2.75) is 13.8 Å². The van der Waals surface area contributed by atoms with Gasteiger partial charge < -0.3 is 15.5 Å². The first-order valence-electron chi connectivity index (χ1n) is 5.16. The van der Waals surface area contributed by atoms with Crippen molar-refractivity contribution in [2.75, 3.05) is 11.1 Å². The third-order valence-corrected chi connectivity index (χ3v) is 2.38. The molecule has 0 saturated heterocycles. The molecule has 0 atom stereocenters. The Bertz CT molecular complexity index is 561. The molecular weight excluding hydrogens is 218 g/mol. The molecule has 0 unspecified atom stereocenters. The van der Waals surface area contributed by atoms with E-state index in [-0.39, 0.29) is 17.6 Å². The molecule has 0 saturated carbocycles. The molecule has 5 heteroatoms. The average Bonchev–Trinajstić information content (AvgIpc) is 2.69. The first kappa shape index (κ1) is 11.2. The third-order valence-electron chi connectivity index (χ3n) is 2.38. The highest BCUT2D eigenvalue weighted by atomic mass is 16.4. The van der Waals surface area contributed by atoms with Crippen LogP contribution in [0, 0.1) is 13.8 Å². The number of nitrogens with one attached hydrogen (secondary N) is 1. The Kier molecular flexibility index (Phi) is 2.82. The zero-order chi connectivity index (χ0) is 12.4. The molecule has 0 spiro atoms. The fourth-order valence-electron chi connectivity index (χ4n) is 1.53. The minimum atomic E-state index is -0.336. The zero-order valence-electron chi connectivity index (χ0n) is 9.65. The fourth-order valence-corrected chi connectivity index (χ4v) is 1.53. The molecule has 88 valence electrons. The molecule has 17 heavy (non-hydrogen) atoms. The number of oxazole rings is 1. The van der Waals surface area contributed by atoms with Crippen LogP contribution in [-0.4, -0.2) is 10.9 Å². The zero-order valence-corrected chi connectivity index (χ0v) is 9.65. The summed E-state index contributed by atoms with van der Waals surface area (Å²) in [5.74, 6) is -0.336. The summed E-state index contributed by atoms with van der Waals surface area (Å²) in [6.45, 7) is 3.93. The molecule has 3 N–H and O–H groups in total. The number of amides is 1. The second-order valence-electron chi connectivity index (χ2n) is 3.84. The minimum Gasteiger partial charge on any atom is -0.431 e. The van der Waals surface area contributed by atoms with E-state index in [1.165, 1.54) is 6.26 Å². The van der Waals surface area contributed by atoms with Gasteiger partial charge in [-0.1, -0.05) is 17.7 Å². The summed E-state index contributed by atoms with van der Waals surface area (Å²) < 4.78 is 4.78. The van der Waals surface area contributed by atoms with Crippen LogP contribution in [0.1, 0.15) is 21.6 Å². The lowest BCUT2D eigenvalue weighted by Gasteiger charge is -2.07. The maximum Gasteiger partial charge on any atom is 0.292 e. The highest BCUT2D eigenvalue weighted by Gasteiger charge is 2.11. The second kappa shape index (κ2) is 4.29. The van der Waals surface area contributed by atoms with Crippen molar-refractivity contribution in [1.82, 2.24) is 4.98 Å². The quantitative estimate of drug-likeness (QED) is 0.829. The van der Waals surface area contributed by atoms with Gasteiger partial charge in [-0.3, -0.25) is 4.79 Å². The van der Waals surface area contributed by atoms with Crippen molar-refractivity contribution in [2.24, 2.45) is 0 Å². The van der Waals surface area contributed by atoms with E-state index in [0.29, 0.717) is 0 Å². The minimum absolute atomic E-state index is 0.0178. The van der Waals surface area contributed by atoms with Crippen molar-refractivity contribution in [3.63, 3.8) is 0 Å². The number of rotatable bonds is 2. The largest absolute Gasteiger partial charge is 0.431 e. The number of anilines is 2. The van der Waals surface area contributed by atoms with Gasteiger partial charge in [0.1, 0.15) is 6.26 Å². The van der Waals surface area contributed by atoms with Crippen molar-refractivity contribution in [3.8, 4) is 0 Å². The monoisotopic (exact) mass is 231 g/mol. The molecule has 0 aliphatic carbocycles. The van der Waals surface area contributed by atoms with E-state index >= 15 is 0 Å². The van der Waals surface area contributed by atoms with Gasteiger partial charge in [0.25, 0.3) is 11.9 Å². The topological polar surface area (TPSA) is 81.2 Å². The SMILES string of the molecule is Cc1ccc(NC(=O)c2coc(N)n2)c(C)c1. The van der Waals surface area contributed by atoms with Crippen LogP contribution < -0.4 is 11.1 Å². The number of benzene rings is 1. The van der Waals surface area contributed by atoms with Crippen LogP contribution in [0.15, 0.2) is 28.9 Å². The van der Waals surface area contributed by atoms with Crippen LogP contribution in [0.2, 0.25) is 0 Å². The van der Waals surface area contributed by atoms with E-state index in [9.17, 15) is 4.79 Å². The number of nitrogens with zero attached hydrogens (tertiary/aromatic N) is 1. The number of hydrogen-bond acceptors (Lipinski definition) is 4. The maximum atomic E-state index is 11.8. The summed E-state index contributed by atoms with van der Waals surface area (Å²) in [5.41, 5.74) is 8.36. The van der Waals surface area contributed by atoms with Crippen LogP contribution in [0.25, 0.3) is 0 Å². The first-order valence-corrected chi connectivity index (χ1v) is 5.16. The van der Waals surface area contributed by atoms with Crippen molar-refractivity contribution in [3.05, 3.63) is 41.3 Å². The molecule has 0 radical (unpaired) electrons. The van der Waals surface area contributed by atoms with Crippen molar-refractivity contribution >= 4 is 17.6 Å². The van der Waals surface area contributed by atoms with Crippen LogP contribution in [0.5, 0.6) is 0 Å². The van der Waals surface area contributed by atoms with E-state index in [1.54, 1.807) is 0 Å². The Morgan fingerprint density at radius 2 is 2.18 bits per heavy atom. The van der Waals surface area contributed by atoms with E-state index in [4.69, 9.17) is 10.2 Å². The van der Waals surface area contributed by atoms with E-state index in [1.807, 2.05) is 32.0 Å². The van der Waals surface area contributed by atoms with Crippen molar-refractivity contribution < 1.29 is 9.21 Å². The van der Waals surface area contributed by atoms with Gasteiger partial charge in [-0.05, 0) is 25.5 Å². The molecule has 0 bridgehead atoms. The van der Waals surface area contributed by atoms with Gasteiger partial charge in [-0.25, -0.2) is 0 Å². The fraction of sp³-hybridized carbons (Fsp3) is 0.167. The molecule has 0 fully saturated rings. The predicted octanol–water partition coefficient (Wildman–Crippen LogP) is 2.13. The van der Waals surface area contributed by atoms with Gasteiger partial charge in [-0.2, -0.15) is 4.98 Å². The highest BCUT2D eigenvalue weighted by Crippen LogP contribution is 2.17. The molecule has 2 aromatic rings. The normalized spacial score (nSPS) is 10.2. The summed E-state index contributed by atoms with van der Waals surface area (Å²) in [5, 5.41) is 2.75. The van der Waals surface area contributed by atoms with Crippen LogP contribution >= 0.6 is 0 Å². The lowest BCUT2D eigenvalue weighted by molar-refractivity contribution is 0.102. The summed E-state index contributed by atoms with van der Waals surface area (Å²) >= 11 is 0. The Balaban J connectivity index is 2.18. The molecule has 5 nitrogen and oxygen atoms in total. The number of nitrogens with two attached hydrogens (primary N) is 1. The van der Waals surface area contributed by atoms with E-state index in [0.717, 1.165) is 16.8 Å². The van der Waals surface area contributed by atoms with Gasteiger partial charge in [0.15, 0.2) is 5.69 Å². The summed E-state index contributed by atoms with van der Waals surface area (Å²) in [6, 6.07) is 5.76. The molecule has 1 aromatic carbocycles. The Hall–Kier alpha value is -2.30. The molecular formula is C12H13N3O2. The summed E-state index contributed by atoms with van der Waals surface area (Å²) in [6.07, 6.45) is 1.23. The van der Waals surface area contributed by atoms with Crippen LogP contribution in [-0.2, 0) is 0 Å². The van der Waals surface area contributed by atoms with E-state index in [2.05, 4.69) is 10.3 Å². The summed E-state index contributed by atoms with van der Waals surface area (Å²) in [4.78, 5) is 15.5. The second-order valence-corrected chi connectivity index (χ2v) is 3.84. The lowest BCUT2D eigenvalue weighted by Crippen LogP contribution is -2.13. The van der Waals surface area contributed by atoms with Crippen molar-refractivity contribution in [1.29, 1.82) is 0 Å². The van der Waals surface area contributed by atoms with Gasteiger partial charge in [0.2, 0.25) is 0 Å². The van der Waals surface area contributed by atoms with Crippen LogP contribution in [0.4, 0.5) is 11.7 Å². The maximum absolute atomic E-state index is 11.8. The van der Waals surface area contributed by atoms with Gasteiger partial charge in [0, 0.05) is 5.69 Å². The molecule has 0 aliphatic rings. The molecule has 2 rings (SSSR count). The first-order chi connectivity index (χ1) is 8.06. The van der Waals surface area contributed by atoms with Crippen LogP contribution in [0.3, 0.4) is 0 Å². The Labute approximate surface area is 98.6 Å². The standard InChI is InChI=1S/C12H13N3O2/c1-7-3-4-9(8(2)5-7)14-11(16)10-6-17-12(13)15-10/h3-6H,1-2H3,(H2,13,15)(H,14,16). The van der Waals surface area contributed by atoms with E-state index < -0.39 is 0 Å². The van der Waals surface area contributed by atoms with Gasteiger partial charge >= 0.3 is 0 Å². The van der Waals surface area contributed by atoms with Gasteiger partial charge in [0.05, 0.1) is 0 Å².